The number of hydrogen-bond acceptors (Lipinski definition) is 1. The first-order chi connectivity index (χ1) is 8.34. The van der Waals surface area contributed by atoms with E-state index in [-0.39, 0.29) is 0 Å². The van der Waals surface area contributed by atoms with Gasteiger partial charge < -0.3 is 0 Å². The van der Waals surface area contributed by atoms with Gasteiger partial charge in [-0.05, 0) is 30.2 Å². The number of rotatable bonds is 4. The van der Waals surface area contributed by atoms with E-state index in [1.165, 1.54) is 44.1 Å². The zero-order valence-electron chi connectivity index (χ0n) is 10.3. The summed E-state index contributed by atoms with van der Waals surface area (Å²) in [5, 5.41) is 0. The number of ketones is 1. The van der Waals surface area contributed by atoms with E-state index >= 15 is 0 Å². The Morgan fingerprint density at radius 2 is 1.76 bits per heavy atom. The molecule has 2 aliphatic carbocycles. The lowest BCUT2D eigenvalue weighted by atomic mass is 9.75. The van der Waals surface area contributed by atoms with Crippen molar-refractivity contribution in [1.29, 1.82) is 0 Å². The van der Waals surface area contributed by atoms with E-state index < -0.39 is 0 Å². The van der Waals surface area contributed by atoms with Crippen molar-refractivity contribution in [3.05, 3.63) is 35.4 Å². The normalized spacial score (nSPS) is 20.7. The molecular weight excluding hydrogens is 208 g/mol. The molecule has 0 aliphatic heterocycles. The summed E-state index contributed by atoms with van der Waals surface area (Å²) in [4.78, 5) is 12.3. The van der Waals surface area contributed by atoms with Gasteiger partial charge in [-0.15, -0.1) is 0 Å². The van der Waals surface area contributed by atoms with Gasteiger partial charge in [0.25, 0.3) is 0 Å². The van der Waals surface area contributed by atoms with E-state index in [1.807, 2.05) is 12.1 Å². The molecule has 0 radical (unpaired) electrons. The summed E-state index contributed by atoms with van der Waals surface area (Å²) >= 11 is 0. The van der Waals surface area contributed by atoms with Crippen molar-refractivity contribution in [3.8, 4) is 0 Å². The second kappa shape index (κ2) is 4.64. The molecule has 0 aromatic heterocycles. The van der Waals surface area contributed by atoms with Gasteiger partial charge in [0.05, 0.1) is 0 Å². The molecule has 0 saturated heterocycles. The smallest absolute Gasteiger partial charge is 0.163 e. The van der Waals surface area contributed by atoms with Gasteiger partial charge in [-0.25, -0.2) is 0 Å². The fourth-order valence-corrected chi connectivity index (χ4v) is 2.90. The minimum Gasteiger partial charge on any atom is -0.294 e. The Kier molecular flexibility index (Phi) is 3.00. The average molecular weight is 228 g/mol. The van der Waals surface area contributed by atoms with Gasteiger partial charge in [-0.1, -0.05) is 49.9 Å². The molecule has 0 bridgehead atoms. The van der Waals surface area contributed by atoms with Crippen LogP contribution in [0.25, 0.3) is 0 Å². The molecule has 1 aromatic carbocycles. The molecule has 0 amide bonds. The summed E-state index contributed by atoms with van der Waals surface area (Å²) in [6.45, 7) is 0. The van der Waals surface area contributed by atoms with Gasteiger partial charge in [-0.3, -0.25) is 4.79 Å². The summed E-state index contributed by atoms with van der Waals surface area (Å²) < 4.78 is 0. The molecule has 1 aromatic rings. The maximum absolute atomic E-state index is 12.3. The van der Waals surface area contributed by atoms with Crippen LogP contribution in [0.4, 0.5) is 0 Å². The molecule has 0 heterocycles. The first-order valence-corrected chi connectivity index (χ1v) is 6.96. The SMILES string of the molecule is O=C(CC1CCC1)c1ccccc1C1CCC1. The standard InChI is InChI=1S/C16H20O/c17-16(11-12-5-3-6-12)15-10-2-1-9-14(15)13-7-4-8-13/h1-2,9-10,12-13H,3-8,11H2. The molecular formula is C16H20O. The van der Waals surface area contributed by atoms with Crippen molar-refractivity contribution >= 4 is 5.78 Å². The highest BCUT2D eigenvalue weighted by Gasteiger charge is 2.26. The quantitative estimate of drug-likeness (QED) is 0.701. The molecule has 2 aliphatic rings. The van der Waals surface area contributed by atoms with Crippen LogP contribution in [-0.2, 0) is 0 Å². The Hall–Kier alpha value is -1.11. The van der Waals surface area contributed by atoms with Crippen LogP contribution in [0.15, 0.2) is 24.3 Å². The number of carbonyl (C=O) groups is 1. The molecule has 1 heteroatoms. The van der Waals surface area contributed by atoms with E-state index in [0.29, 0.717) is 17.6 Å². The van der Waals surface area contributed by atoms with Crippen LogP contribution >= 0.6 is 0 Å². The highest BCUT2D eigenvalue weighted by atomic mass is 16.1. The lowest BCUT2D eigenvalue weighted by Gasteiger charge is -2.29. The molecule has 0 spiro atoms. The van der Waals surface area contributed by atoms with Crippen molar-refractivity contribution in [2.75, 3.05) is 0 Å². The monoisotopic (exact) mass is 228 g/mol. The molecule has 0 atom stereocenters. The summed E-state index contributed by atoms with van der Waals surface area (Å²) in [6, 6.07) is 8.29. The average Bonchev–Trinajstić information content (AvgIpc) is 2.21. The fraction of sp³-hybridized carbons (Fsp3) is 0.562. The lowest BCUT2D eigenvalue weighted by Crippen LogP contribution is -2.19. The van der Waals surface area contributed by atoms with Crippen molar-refractivity contribution in [1.82, 2.24) is 0 Å². The van der Waals surface area contributed by atoms with E-state index in [4.69, 9.17) is 0 Å². The maximum Gasteiger partial charge on any atom is 0.163 e. The Morgan fingerprint density at radius 3 is 2.35 bits per heavy atom. The van der Waals surface area contributed by atoms with Gasteiger partial charge in [0.15, 0.2) is 5.78 Å². The first-order valence-electron chi connectivity index (χ1n) is 6.96. The topological polar surface area (TPSA) is 17.1 Å². The van der Waals surface area contributed by atoms with Crippen LogP contribution in [-0.4, -0.2) is 5.78 Å². The zero-order chi connectivity index (χ0) is 11.7. The highest BCUT2D eigenvalue weighted by Crippen LogP contribution is 2.39. The van der Waals surface area contributed by atoms with E-state index in [2.05, 4.69) is 12.1 Å². The van der Waals surface area contributed by atoms with E-state index in [9.17, 15) is 4.79 Å². The predicted molar refractivity (Wildman–Crippen MR) is 69.3 cm³/mol. The minimum atomic E-state index is 0.386. The van der Waals surface area contributed by atoms with Crippen LogP contribution in [0.5, 0.6) is 0 Å². The third-order valence-electron chi connectivity index (χ3n) is 4.51. The first kappa shape index (κ1) is 11.0. The van der Waals surface area contributed by atoms with Crippen molar-refractivity contribution in [2.24, 2.45) is 5.92 Å². The van der Waals surface area contributed by atoms with Crippen LogP contribution in [0.1, 0.15) is 66.8 Å². The Morgan fingerprint density at radius 1 is 1.06 bits per heavy atom. The maximum atomic E-state index is 12.3. The molecule has 0 unspecified atom stereocenters. The second-order valence-electron chi connectivity index (χ2n) is 5.64. The highest BCUT2D eigenvalue weighted by molar-refractivity contribution is 5.97. The Balaban J connectivity index is 1.77. The van der Waals surface area contributed by atoms with E-state index in [0.717, 1.165) is 12.0 Å². The molecule has 2 fully saturated rings. The number of benzene rings is 1. The van der Waals surface area contributed by atoms with Crippen molar-refractivity contribution in [2.45, 2.75) is 50.9 Å². The molecule has 17 heavy (non-hydrogen) atoms. The van der Waals surface area contributed by atoms with Gasteiger partial charge in [-0.2, -0.15) is 0 Å². The molecule has 3 rings (SSSR count). The Labute approximate surface area is 103 Å². The summed E-state index contributed by atoms with van der Waals surface area (Å²) in [7, 11) is 0. The number of Topliss-reactive ketones (excluding diaryl/α,β-unsaturated/α-hetero) is 1. The van der Waals surface area contributed by atoms with Gasteiger partial charge in [0, 0.05) is 12.0 Å². The summed E-state index contributed by atoms with van der Waals surface area (Å²) in [6.07, 6.45) is 8.50. The van der Waals surface area contributed by atoms with Crippen LogP contribution in [0, 0.1) is 5.92 Å². The lowest BCUT2D eigenvalue weighted by molar-refractivity contribution is 0.0934. The molecule has 90 valence electrons. The third kappa shape index (κ3) is 2.15. The van der Waals surface area contributed by atoms with Crippen LogP contribution < -0.4 is 0 Å². The third-order valence-corrected chi connectivity index (χ3v) is 4.51. The molecule has 1 nitrogen and oxygen atoms in total. The summed E-state index contributed by atoms with van der Waals surface area (Å²) in [5.74, 6) is 1.73. The molecule has 2 saturated carbocycles. The van der Waals surface area contributed by atoms with Gasteiger partial charge in [0.1, 0.15) is 0 Å². The van der Waals surface area contributed by atoms with Crippen LogP contribution in [0.2, 0.25) is 0 Å². The van der Waals surface area contributed by atoms with Crippen LogP contribution in [0.3, 0.4) is 0 Å². The Bertz CT molecular complexity index is 413. The van der Waals surface area contributed by atoms with Crippen molar-refractivity contribution < 1.29 is 4.79 Å². The fourth-order valence-electron chi connectivity index (χ4n) is 2.90. The minimum absolute atomic E-state index is 0.386. The van der Waals surface area contributed by atoms with E-state index in [1.54, 1.807) is 0 Å². The van der Waals surface area contributed by atoms with Crippen molar-refractivity contribution in [3.63, 3.8) is 0 Å². The summed E-state index contributed by atoms with van der Waals surface area (Å²) in [5.41, 5.74) is 2.34. The number of hydrogen-bond donors (Lipinski definition) is 0. The zero-order valence-corrected chi connectivity index (χ0v) is 10.3. The second-order valence-corrected chi connectivity index (χ2v) is 5.64. The van der Waals surface area contributed by atoms with Gasteiger partial charge >= 0.3 is 0 Å². The largest absolute Gasteiger partial charge is 0.294 e. The predicted octanol–water partition coefficient (Wildman–Crippen LogP) is 4.33. The van der Waals surface area contributed by atoms with Gasteiger partial charge in [0.2, 0.25) is 0 Å². The number of carbonyl (C=O) groups excluding carboxylic acids is 1. The molecule has 0 N–H and O–H groups in total.